The van der Waals surface area contributed by atoms with Crippen molar-refractivity contribution in [2.24, 2.45) is 23.7 Å². The van der Waals surface area contributed by atoms with E-state index in [4.69, 9.17) is 9.47 Å². The van der Waals surface area contributed by atoms with Gasteiger partial charge in [0.15, 0.2) is 12.4 Å². The number of nitrogens with zero attached hydrogens (tertiary/aromatic N) is 1. The Balaban J connectivity index is 1.37. The van der Waals surface area contributed by atoms with Gasteiger partial charge in [0.2, 0.25) is 11.8 Å². The molecule has 1 aliphatic heterocycles. The normalized spacial score (nSPS) is 26.8. The minimum absolute atomic E-state index is 0.118. The second-order valence-electron chi connectivity index (χ2n) is 8.31. The molecule has 2 saturated carbocycles. The Morgan fingerprint density at radius 1 is 1.00 bits per heavy atom. The lowest BCUT2D eigenvalue weighted by Crippen LogP contribution is -2.33. The van der Waals surface area contributed by atoms with E-state index in [0.717, 1.165) is 19.3 Å². The van der Waals surface area contributed by atoms with Crippen molar-refractivity contribution in [1.29, 1.82) is 0 Å². The molecule has 6 heteroatoms. The third kappa shape index (κ3) is 2.90. The van der Waals surface area contributed by atoms with Crippen LogP contribution in [0.2, 0.25) is 0 Å². The number of hydrogen-bond acceptors (Lipinski definition) is 5. The number of ketones is 1. The maximum absolute atomic E-state index is 13.1. The van der Waals surface area contributed by atoms with E-state index in [1.54, 1.807) is 55.6 Å². The summed E-state index contributed by atoms with van der Waals surface area (Å²) in [5, 5.41) is 0. The molecule has 30 heavy (non-hydrogen) atoms. The van der Waals surface area contributed by atoms with E-state index in [9.17, 15) is 14.4 Å². The summed E-state index contributed by atoms with van der Waals surface area (Å²) in [6, 6.07) is 13.8. The Morgan fingerprint density at radius 3 is 2.40 bits per heavy atom. The molecule has 4 atom stereocenters. The molecule has 5 rings (SSSR count). The van der Waals surface area contributed by atoms with Gasteiger partial charge in [0.1, 0.15) is 11.5 Å². The summed E-state index contributed by atoms with van der Waals surface area (Å²) in [4.78, 5) is 40.1. The molecule has 2 amide bonds. The van der Waals surface area contributed by atoms with Crippen LogP contribution < -0.4 is 14.4 Å². The summed E-state index contributed by atoms with van der Waals surface area (Å²) in [5.41, 5.74) is 0.908. The minimum atomic E-state index is -0.210. The number of carbonyl (C=O) groups is 3. The highest BCUT2D eigenvalue weighted by atomic mass is 16.5. The first-order valence-corrected chi connectivity index (χ1v) is 10.4. The van der Waals surface area contributed by atoms with Gasteiger partial charge in [-0.1, -0.05) is 24.3 Å². The number of benzene rings is 2. The zero-order valence-corrected chi connectivity index (χ0v) is 16.7. The maximum Gasteiger partial charge on any atom is 0.238 e. The van der Waals surface area contributed by atoms with Gasteiger partial charge in [0.25, 0.3) is 0 Å². The van der Waals surface area contributed by atoms with E-state index >= 15 is 0 Å². The van der Waals surface area contributed by atoms with Crippen LogP contribution in [0.5, 0.6) is 11.5 Å². The summed E-state index contributed by atoms with van der Waals surface area (Å²) >= 11 is 0. The van der Waals surface area contributed by atoms with Crippen LogP contribution in [0.1, 0.15) is 29.6 Å². The summed E-state index contributed by atoms with van der Waals surface area (Å²) in [5.74, 6) is 0.773. The third-order valence-corrected chi connectivity index (χ3v) is 6.78. The average Bonchev–Trinajstić information content (AvgIpc) is 3.46. The van der Waals surface area contributed by atoms with Crippen LogP contribution in [0.15, 0.2) is 48.5 Å². The Morgan fingerprint density at radius 2 is 1.70 bits per heavy atom. The Kier molecular flexibility index (Phi) is 4.57. The molecule has 0 spiro atoms. The lowest BCUT2D eigenvalue weighted by atomic mass is 9.81. The highest BCUT2D eigenvalue weighted by molar-refractivity contribution is 6.23. The van der Waals surface area contributed by atoms with Crippen molar-refractivity contribution in [1.82, 2.24) is 0 Å². The fourth-order valence-electron chi connectivity index (χ4n) is 5.43. The van der Waals surface area contributed by atoms with Gasteiger partial charge >= 0.3 is 0 Å². The van der Waals surface area contributed by atoms with Crippen molar-refractivity contribution in [2.45, 2.75) is 19.3 Å². The molecule has 0 N–H and O–H groups in total. The molecule has 2 aromatic rings. The lowest BCUT2D eigenvalue weighted by Gasteiger charge is -2.20. The highest BCUT2D eigenvalue weighted by Crippen LogP contribution is 2.57. The molecule has 3 fully saturated rings. The van der Waals surface area contributed by atoms with Crippen molar-refractivity contribution in [2.75, 3.05) is 18.6 Å². The van der Waals surface area contributed by atoms with Gasteiger partial charge in [0, 0.05) is 5.56 Å². The number of amides is 2. The number of rotatable bonds is 6. The smallest absolute Gasteiger partial charge is 0.238 e. The van der Waals surface area contributed by atoms with Crippen LogP contribution in [0, 0.1) is 23.7 Å². The third-order valence-electron chi connectivity index (χ3n) is 6.78. The average molecular weight is 405 g/mol. The number of Topliss-reactive ketones (excluding diaryl/α,β-unsaturated/α-hetero) is 1. The standard InChI is InChI=1S/C24H23NO5/c1-29-17-6-4-5-14(12-17)19(26)13-30-20-8-3-2-7-18(20)25-23(27)21-15-9-10-16(11-15)22(21)24(25)28/h2-8,12,15-16,21-22H,9-11,13H2,1H3. The van der Waals surface area contributed by atoms with Crippen molar-refractivity contribution >= 4 is 23.3 Å². The van der Waals surface area contributed by atoms with Gasteiger partial charge in [0.05, 0.1) is 24.6 Å². The van der Waals surface area contributed by atoms with Crippen LogP contribution in [-0.2, 0) is 9.59 Å². The van der Waals surface area contributed by atoms with Crippen LogP contribution in [0.25, 0.3) is 0 Å². The quantitative estimate of drug-likeness (QED) is 0.543. The van der Waals surface area contributed by atoms with Crippen LogP contribution in [-0.4, -0.2) is 31.3 Å². The van der Waals surface area contributed by atoms with Crippen molar-refractivity contribution in [3.8, 4) is 11.5 Å². The molecule has 2 bridgehead atoms. The van der Waals surface area contributed by atoms with Gasteiger partial charge < -0.3 is 9.47 Å². The molecular weight excluding hydrogens is 382 g/mol. The largest absolute Gasteiger partial charge is 0.497 e. The molecule has 2 aromatic carbocycles. The van der Waals surface area contributed by atoms with E-state index in [1.165, 1.54) is 4.90 Å². The van der Waals surface area contributed by atoms with E-state index in [2.05, 4.69) is 0 Å². The molecule has 154 valence electrons. The predicted molar refractivity (Wildman–Crippen MR) is 110 cm³/mol. The number of methoxy groups -OCH3 is 1. The highest BCUT2D eigenvalue weighted by Gasteiger charge is 2.61. The van der Waals surface area contributed by atoms with Gasteiger partial charge in [-0.15, -0.1) is 0 Å². The number of ether oxygens (including phenoxy) is 2. The number of carbonyl (C=O) groups excluding carboxylic acids is 3. The lowest BCUT2D eigenvalue weighted by molar-refractivity contribution is -0.123. The van der Waals surface area contributed by atoms with E-state index in [-0.39, 0.29) is 36.0 Å². The minimum Gasteiger partial charge on any atom is -0.497 e. The van der Waals surface area contributed by atoms with E-state index < -0.39 is 0 Å². The van der Waals surface area contributed by atoms with Crippen molar-refractivity contribution < 1.29 is 23.9 Å². The molecular formula is C24H23NO5. The fourth-order valence-corrected chi connectivity index (χ4v) is 5.43. The van der Waals surface area contributed by atoms with E-state index in [1.807, 2.05) is 0 Å². The van der Waals surface area contributed by atoms with Crippen LogP contribution in [0.3, 0.4) is 0 Å². The van der Waals surface area contributed by atoms with E-state index in [0.29, 0.717) is 34.6 Å². The predicted octanol–water partition coefficient (Wildman–Crippen LogP) is 3.49. The van der Waals surface area contributed by atoms with Gasteiger partial charge in [-0.3, -0.25) is 14.4 Å². The summed E-state index contributed by atoms with van der Waals surface area (Å²) in [6.45, 7) is -0.196. The zero-order chi connectivity index (χ0) is 20.8. The number of para-hydroxylation sites is 2. The number of fused-ring (bicyclic) bond motifs is 5. The first kappa shape index (κ1) is 18.9. The summed E-state index contributed by atoms with van der Waals surface area (Å²) in [7, 11) is 1.54. The molecule has 6 nitrogen and oxygen atoms in total. The fraction of sp³-hybridized carbons (Fsp3) is 0.375. The van der Waals surface area contributed by atoms with Gasteiger partial charge in [-0.2, -0.15) is 0 Å². The molecule has 0 radical (unpaired) electrons. The topological polar surface area (TPSA) is 72.9 Å². The Labute approximate surface area is 174 Å². The van der Waals surface area contributed by atoms with Gasteiger partial charge in [-0.05, 0) is 55.4 Å². The monoisotopic (exact) mass is 405 g/mol. The maximum atomic E-state index is 13.1. The Bertz CT molecular complexity index is 1000. The first-order chi connectivity index (χ1) is 14.6. The molecule has 4 unspecified atom stereocenters. The number of imide groups is 1. The second-order valence-corrected chi connectivity index (χ2v) is 8.31. The molecule has 2 aliphatic carbocycles. The number of hydrogen-bond donors (Lipinski definition) is 0. The SMILES string of the molecule is COc1cccc(C(=O)COc2ccccc2N2C(=O)C3C4CCC(C4)C3C2=O)c1. The zero-order valence-electron chi connectivity index (χ0n) is 16.7. The van der Waals surface area contributed by atoms with Crippen LogP contribution in [0.4, 0.5) is 5.69 Å². The van der Waals surface area contributed by atoms with Crippen LogP contribution >= 0.6 is 0 Å². The number of anilines is 1. The summed E-state index contributed by atoms with van der Waals surface area (Å²) < 4.78 is 11.0. The molecule has 3 aliphatic rings. The molecule has 1 heterocycles. The van der Waals surface area contributed by atoms with Crippen molar-refractivity contribution in [3.05, 3.63) is 54.1 Å². The molecule has 1 saturated heterocycles. The van der Waals surface area contributed by atoms with Gasteiger partial charge in [-0.25, -0.2) is 4.90 Å². The molecule has 0 aromatic heterocycles. The second kappa shape index (κ2) is 7.27. The van der Waals surface area contributed by atoms with Crippen molar-refractivity contribution in [3.63, 3.8) is 0 Å². The Hall–Kier alpha value is -3.15. The first-order valence-electron chi connectivity index (χ1n) is 10.4. The summed E-state index contributed by atoms with van der Waals surface area (Å²) in [6.07, 6.45) is 3.06.